The normalized spacial score (nSPS) is 10.5. The fraction of sp³-hybridized carbons (Fsp3) is 0.0556. The van der Waals surface area contributed by atoms with Gasteiger partial charge in [0.05, 0.1) is 12.7 Å². The van der Waals surface area contributed by atoms with E-state index in [0.717, 1.165) is 0 Å². The van der Waals surface area contributed by atoms with Crippen LogP contribution in [0.15, 0.2) is 59.7 Å². The number of halogens is 1. The van der Waals surface area contributed by atoms with Gasteiger partial charge < -0.3 is 9.84 Å². The van der Waals surface area contributed by atoms with Crippen LogP contribution in [0, 0.1) is 0 Å². The Hall–Kier alpha value is -3.12. The van der Waals surface area contributed by atoms with Crippen LogP contribution in [0.25, 0.3) is 16.9 Å². The summed E-state index contributed by atoms with van der Waals surface area (Å²) in [5.41, 5.74) is 0.558. The molecule has 3 aromatic rings. The van der Waals surface area contributed by atoms with E-state index in [1.165, 1.54) is 30.0 Å². The van der Waals surface area contributed by atoms with Crippen molar-refractivity contribution in [2.24, 2.45) is 0 Å². The Kier molecular flexibility index (Phi) is 4.54. The van der Waals surface area contributed by atoms with Gasteiger partial charge in [-0.1, -0.05) is 17.7 Å². The average molecular weight is 357 g/mol. The SMILES string of the molecule is COc1ccc(Cl)cc1-c1cc(-n2ccccc2=O)ncc1C(=O)O. The highest BCUT2D eigenvalue weighted by Crippen LogP contribution is 2.35. The number of hydrogen-bond donors (Lipinski definition) is 1. The highest BCUT2D eigenvalue weighted by molar-refractivity contribution is 6.31. The summed E-state index contributed by atoms with van der Waals surface area (Å²) in [6, 6.07) is 11.1. The molecule has 0 radical (unpaired) electrons. The number of pyridine rings is 2. The lowest BCUT2D eigenvalue weighted by Gasteiger charge is -2.13. The van der Waals surface area contributed by atoms with E-state index in [2.05, 4.69) is 4.98 Å². The molecule has 0 aliphatic carbocycles. The molecule has 126 valence electrons. The number of rotatable bonds is 4. The largest absolute Gasteiger partial charge is 0.496 e. The zero-order valence-electron chi connectivity index (χ0n) is 13.1. The van der Waals surface area contributed by atoms with E-state index < -0.39 is 5.97 Å². The molecule has 0 bridgehead atoms. The molecule has 0 saturated heterocycles. The second-order valence-corrected chi connectivity index (χ2v) is 5.58. The van der Waals surface area contributed by atoms with Crippen molar-refractivity contribution in [3.63, 3.8) is 0 Å². The summed E-state index contributed by atoms with van der Waals surface area (Å²) in [7, 11) is 1.48. The number of carbonyl (C=O) groups is 1. The second kappa shape index (κ2) is 6.78. The maximum atomic E-state index is 12.0. The van der Waals surface area contributed by atoms with E-state index in [0.29, 0.717) is 27.7 Å². The Morgan fingerprint density at radius 2 is 2.00 bits per heavy atom. The van der Waals surface area contributed by atoms with Crippen LogP contribution in [0.5, 0.6) is 5.75 Å². The van der Waals surface area contributed by atoms with Gasteiger partial charge in [0.15, 0.2) is 0 Å². The fourth-order valence-electron chi connectivity index (χ4n) is 2.48. The Labute approximate surface area is 147 Å². The number of ether oxygens (including phenoxy) is 1. The molecular weight excluding hydrogens is 344 g/mol. The lowest BCUT2D eigenvalue weighted by Crippen LogP contribution is -2.17. The number of aromatic nitrogens is 2. The van der Waals surface area contributed by atoms with Crippen molar-refractivity contribution in [3.8, 4) is 22.7 Å². The van der Waals surface area contributed by atoms with Crippen molar-refractivity contribution in [3.05, 3.63) is 75.8 Å². The molecule has 0 fully saturated rings. The predicted molar refractivity (Wildman–Crippen MR) is 93.8 cm³/mol. The van der Waals surface area contributed by atoms with Gasteiger partial charge in [0.2, 0.25) is 0 Å². The first-order valence-corrected chi connectivity index (χ1v) is 7.64. The molecule has 1 N–H and O–H groups in total. The molecule has 2 aromatic heterocycles. The topological polar surface area (TPSA) is 81.4 Å². The van der Waals surface area contributed by atoms with Crippen LogP contribution in [-0.2, 0) is 0 Å². The first-order valence-electron chi connectivity index (χ1n) is 7.26. The summed E-state index contributed by atoms with van der Waals surface area (Å²) in [6.07, 6.45) is 2.77. The quantitative estimate of drug-likeness (QED) is 0.776. The van der Waals surface area contributed by atoms with E-state index in [1.807, 2.05) is 0 Å². The van der Waals surface area contributed by atoms with Crippen LogP contribution in [-0.4, -0.2) is 27.7 Å². The first-order chi connectivity index (χ1) is 12.0. The van der Waals surface area contributed by atoms with E-state index in [9.17, 15) is 14.7 Å². The molecule has 0 spiro atoms. The van der Waals surface area contributed by atoms with E-state index in [1.54, 1.807) is 36.5 Å². The fourth-order valence-corrected chi connectivity index (χ4v) is 2.65. The predicted octanol–water partition coefficient (Wildman–Crippen LogP) is 3.26. The number of benzene rings is 1. The summed E-state index contributed by atoms with van der Waals surface area (Å²) in [5.74, 6) is -0.381. The first kappa shape index (κ1) is 16.7. The van der Waals surface area contributed by atoms with Gasteiger partial charge in [0.1, 0.15) is 11.6 Å². The van der Waals surface area contributed by atoms with Crippen molar-refractivity contribution >= 4 is 17.6 Å². The molecule has 1 aromatic carbocycles. The zero-order chi connectivity index (χ0) is 18.0. The Morgan fingerprint density at radius 1 is 1.20 bits per heavy atom. The zero-order valence-corrected chi connectivity index (χ0v) is 13.9. The highest BCUT2D eigenvalue weighted by atomic mass is 35.5. The molecule has 7 heteroatoms. The number of carboxylic acids is 1. The Morgan fingerprint density at radius 3 is 2.68 bits per heavy atom. The van der Waals surface area contributed by atoms with Gasteiger partial charge in [-0.2, -0.15) is 0 Å². The lowest BCUT2D eigenvalue weighted by molar-refractivity contribution is 0.0697. The van der Waals surface area contributed by atoms with Gasteiger partial charge in [-0.25, -0.2) is 9.78 Å². The number of aromatic carboxylic acids is 1. The standard InChI is InChI=1S/C18H13ClN2O4/c1-25-15-6-5-11(19)8-13(15)12-9-16(20-10-14(12)18(23)24)21-7-3-2-4-17(21)22/h2-10H,1H3,(H,23,24). The van der Waals surface area contributed by atoms with Crippen molar-refractivity contribution in [1.29, 1.82) is 0 Å². The summed E-state index contributed by atoms with van der Waals surface area (Å²) >= 11 is 6.06. The van der Waals surface area contributed by atoms with Crippen LogP contribution < -0.4 is 10.3 Å². The van der Waals surface area contributed by atoms with Crippen LogP contribution >= 0.6 is 11.6 Å². The van der Waals surface area contributed by atoms with Crippen LogP contribution in [0.1, 0.15) is 10.4 Å². The van der Waals surface area contributed by atoms with Gasteiger partial charge in [0.25, 0.3) is 5.56 Å². The van der Waals surface area contributed by atoms with E-state index >= 15 is 0 Å². The van der Waals surface area contributed by atoms with Crippen molar-refractivity contribution in [1.82, 2.24) is 9.55 Å². The van der Waals surface area contributed by atoms with Gasteiger partial charge in [0, 0.05) is 34.6 Å². The van der Waals surface area contributed by atoms with Gasteiger partial charge in [-0.3, -0.25) is 9.36 Å². The minimum Gasteiger partial charge on any atom is -0.496 e. The van der Waals surface area contributed by atoms with Crippen LogP contribution in [0.3, 0.4) is 0 Å². The van der Waals surface area contributed by atoms with Crippen molar-refractivity contribution in [2.45, 2.75) is 0 Å². The third-order valence-electron chi connectivity index (χ3n) is 3.64. The maximum absolute atomic E-state index is 12.0. The number of methoxy groups -OCH3 is 1. The molecule has 0 saturated carbocycles. The monoisotopic (exact) mass is 356 g/mol. The second-order valence-electron chi connectivity index (χ2n) is 5.15. The Bertz CT molecular complexity index is 1010. The van der Waals surface area contributed by atoms with E-state index in [-0.39, 0.29) is 11.1 Å². The molecular formula is C18H13ClN2O4. The molecule has 0 amide bonds. The third-order valence-corrected chi connectivity index (χ3v) is 3.88. The van der Waals surface area contributed by atoms with Gasteiger partial charge >= 0.3 is 5.97 Å². The molecule has 0 aliphatic rings. The lowest BCUT2D eigenvalue weighted by atomic mass is 10.0. The van der Waals surface area contributed by atoms with E-state index in [4.69, 9.17) is 16.3 Å². The van der Waals surface area contributed by atoms with Crippen LogP contribution in [0.2, 0.25) is 5.02 Å². The van der Waals surface area contributed by atoms with Crippen molar-refractivity contribution < 1.29 is 14.6 Å². The van der Waals surface area contributed by atoms with Crippen molar-refractivity contribution in [2.75, 3.05) is 7.11 Å². The summed E-state index contributed by atoms with van der Waals surface area (Å²) in [4.78, 5) is 27.7. The summed E-state index contributed by atoms with van der Waals surface area (Å²) in [5, 5.41) is 9.93. The maximum Gasteiger partial charge on any atom is 0.337 e. The van der Waals surface area contributed by atoms with Crippen LogP contribution in [0.4, 0.5) is 0 Å². The summed E-state index contributed by atoms with van der Waals surface area (Å²) in [6.45, 7) is 0. The Balaban J connectivity index is 2.30. The highest BCUT2D eigenvalue weighted by Gasteiger charge is 2.18. The third kappa shape index (κ3) is 3.25. The smallest absolute Gasteiger partial charge is 0.337 e. The number of carboxylic acid groups (broad SMARTS) is 1. The van der Waals surface area contributed by atoms with Gasteiger partial charge in [-0.05, 0) is 30.3 Å². The number of hydrogen-bond acceptors (Lipinski definition) is 4. The molecule has 0 atom stereocenters. The number of nitrogens with zero attached hydrogens (tertiary/aromatic N) is 2. The minimum atomic E-state index is -1.14. The molecule has 2 heterocycles. The molecule has 25 heavy (non-hydrogen) atoms. The minimum absolute atomic E-state index is 0.0201. The summed E-state index contributed by atoms with van der Waals surface area (Å²) < 4.78 is 6.64. The average Bonchev–Trinajstić information content (AvgIpc) is 2.61. The molecule has 3 rings (SSSR count). The molecule has 0 aliphatic heterocycles. The van der Waals surface area contributed by atoms with Gasteiger partial charge in [-0.15, -0.1) is 0 Å². The molecule has 6 nitrogen and oxygen atoms in total. The molecule has 0 unspecified atom stereocenters.